The molecule has 1 saturated heterocycles. The van der Waals surface area contributed by atoms with Crippen molar-refractivity contribution in [2.45, 2.75) is 188 Å². The highest BCUT2D eigenvalue weighted by Crippen LogP contribution is 2.49. The van der Waals surface area contributed by atoms with Crippen LogP contribution in [0.1, 0.15) is 177 Å². The Morgan fingerprint density at radius 2 is 0.958 bits per heavy atom. The first-order valence-electron chi connectivity index (χ1n) is 18.0. The Morgan fingerprint density at radius 3 is 1.23 bits per heavy atom. The summed E-state index contributed by atoms with van der Waals surface area (Å²) in [5.74, 6) is 0.494. The molecular weight excluding hydrogens is 594 g/mol. The minimum atomic E-state index is -0.633. The van der Waals surface area contributed by atoms with Crippen LogP contribution in [0.5, 0.6) is 11.5 Å². The van der Waals surface area contributed by atoms with Crippen LogP contribution < -0.4 is 0 Å². The number of carbonyl (C=O) groups excluding carboxylic acids is 1. The van der Waals surface area contributed by atoms with Crippen molar-refractivity contribution in [2.24, 2.45) is 0 Å². The van der Waals surface area contributed by atoms with E-state index in [0.717, 1.165) is 46.2 Å². The summed E-state index contributed by atoms with van der Waals surface area (Å²) < 4.78 is 6.28. The van der Waals surface area contributed by atoms with E-state index in [9.17, 15) is 15.0 Å². The molecule has 0 radical (unpaired) electrons. The third-order valence-electron chi connectivity index (χ3n) is 11.1. The summed E-state index contributed by atoms with van der Waals surface area (Å²) in [4.78, 5) is 16.2. The largest absolute Gasteiger partial charge is 0.507 e. The maximum Gasteiger partial charge on any atom is 0.306 e. The number of nitrogens with zero attached hydrogens (tertiary/aromatic N) is 1. The highest BCUT2D eigenvalue weighted by atomic mass is 16.5. The number of carbonyl (C=O) groups is 1. The first-order valence-corrected chi connectivity index (χ1v) is 18.0. The summed E-state index contributed by atoms with van der Waals surface area (Å²) in [5.41, 5.74) is 3.62. The number of phenols is 2. The van der Waals surface area contributed by atoms with Gasteiger partial charge in [-0.25, -0.2) is 0 Å². The van der Waals surface area contributed by atoms with Gasteiger partial charge in [0, 0.05) is 35.8 Å². The van der Waals surface area contributed by atoms with Crippen molar-refractivity contribution in [3.63, 3.8) is 0 Å². The lowest BCUT2D eigenvalue weighted by atomic mass is 9.67. The average molecular weight is 664 g/mol. The fourth-order valence-corrected chi connectivity index (χ4v) is 7.61. The number of phenolic OH excluding ortho intramolecular Hbond substituents is 2. The number of rotatable bonds is 6. The molecule has 5 heteroatoms. The summed E-state index contributed by atoms with van der Waals surface area (Å²) in [5, 5.41) is 23.3. The summed E-state index contributed by atoms with van der Waals surface area (Å²) in [6.07, 6.45) is 2.20. The van der Waals surface area contributed by atoms with E-state index >= 15 is 0 Å². The monoisotopic (exact) mass is 664 g/mol. The summed E-state index contributed by atoms with van der Waals surface area (Å²) >= 11 is 0. The molecule has 5 nitrogen and oxygen atoms in total. The van der Waals surface area contributed by atoms with Gasteiger partial charge < -0.3 is 14.9 Å². The molecule has 0 bridgehead atoms. The van der Waals surface area contributed by atoms with Crippen LogP contribution in [0.25, 0.3) is 0 Å². The molecule has 0 spiro atoms. The Kier molecular flexibility index (Phi) is 10.5. The molecular formula is C43H69NO4. The summed E-state index contributed by atoms with van der Waals surface area (Å²) in [6.45, 7) is 36.7. The molecule has 1 aliphatic rings. The van der Waals surface area contributed by atoms with E-state index in [1.807, 2.05) is 0 Å². The molecule has 0 amide bonds. The standard InChI is InChI=1S/C43H69NO4/c1-37(2,3)30-21-27(22-31(35(30)46)38(4,5)6)43(17,28-23-32(39(7,8)9)36(47)33(24-28)40(10,11)12)20-19-34(45)48-29-25-41(13,14)44(18)42(15,16)26-29/h21-24,29,46-47H,19-20,25-26H2,1-18H3. The fourth-order valence-electron chi connectivity index (χ4n) is 7.61. The lowest BCUT2D eigenvalue weighted by Gasteiger charge is -2.53. The molecule has 2 aromatic carbocycles. The molecule has 2 N–H and O–H groups in total. The quantitative estimate of drug-likeness (QED) is 0.301. The van der Waals surface area contributed by atoms with E-state index in [1.54, 1.807) is 0 Å². The summed E-state index contributed by atoms with van der Waals surface area (Å²) in [6, 6.07) is 8.60. The molecule has 1 aliphatic heterocycles. The Labute approximate surface area is 293 Å². The van der Waals surface area contributed by atoms with Crippen LogP contribution in [-0.4, -0.2) is 45.3 Å². The van der Waals surface area contributed by atoms with Crippen molar-refractivity contribution < 1.29 is 19.7 Å². The number of benzene rings is 2. The molecule has 0 aromatic heterocycles. The predicted octanol–water partition coefficient (Wildman–Crippen LogP) is 10.6. The SMILES string of the molecule is CN1C(C)(C)CC(OC(=O)CCC(C)(c2cc(C(C)(C)C)c(O)c(C(C)(C)C)c2)c2cc(C(C)(C)C)c(O)c(C(C)(C)C)c2)CC1(C)C. The average Bonchev–Trinajstić information content (AvgIpc) is 2.87. The molecule has 0 saturated carbocycles. The Bertz CT molecular complexity index is 1330. The minimum Gasteiger partial charge on any atom is -0.507 e. The van der Waals surface area contributed by atoms with Gasteiger partial charge in [-0.1, -0.05) is 114 Å². The van der Waals surface area contributed by atoms with Crippen LogP contribution in [0.15, 0.2) is 24.3 Å². The van der Waals surface area contributed by atoms with Gasteiger partial charge in [0.25, 0.3) is 0 Å². The van der Waals surface area contributed by atoms with Gasteiger partial charge in [0.15, 0.2) is 0 Å². The van der Waals surface area contributed by atoms with Crippen LogP contribution in [0.3, 0.4) is 0 Å². The maximum atomic E-state index is 13.8. The number of likely N-dealkylation sites (tertiary alicyclic amines) is 1. The predicted molar refractivity (Wildman–Crippen MR) is 202 cm³/mol. The van der Waals surface area contributed by atoms with Crippen molar-refractivity contribution >= 4 is 5.97 Å². The van der Waals surface area contributed by atoms with Gasteiger partial charge in [-0.3, -0.25) is 9.69 Å². The number of hydrogen-bond acceptors (Lipinski definition) is 5. The van der Waals surface area contributed by atoms with E-state index in [-0.39, 0.29) is 51.2 Å². The number of aromatic hydroxyl groups is 2. The number of hydrogen-bond donors (Lipinski definition) is 2. The Balaban J connectivity index is 2.26. The second kappa shape index (κ2) is 12.7. The smallest absolute Gasteiger partial charge is 0.306 e. The fraction of sp³-hybridized carbons (Fsp3) is 0.698. The van der Waals surface area contributed by atoms with Gasteiger partial charge in [0.2, 0.25) is 0 Å². The van der Waals surface area contributed by atoms with Crippen molar-refractivity contribution in [1.82, 2.24) is 4.90 Å². The zero-order valence-electron chi connectivity index (χ0n) is 33.9. The molecule has 2 aromatic rings. The highest BCUT2D eigenvalue weighted by molar-refractivity contribution is 5.70. The van der Waals surface area contributed by atoms with Crippen LogP contribution in [-0.2, 0) is 36.6 Å². The molecule has 1 heterocycles. The Hall–Kier alpha value is -2.53. The number of piperidine rings is 1. The first-order chi connectivity index (χ1) is 21.3. The second-order valence-electron chi connectivity index (χ2n) is 20.4. The van der Waals surface area contributed by atoms with Gasteiger partial charge >= 0.3 is 5.97 Å². The number of esters is 1. The van der Waals surface area contributed by atoms with E-state index in [2.05, 4.69) is 154 Å². The molecule has 48 heavy (non-hydrogen) atoms. The van der Waals surface area contributed by atoms with Crippen molar-refractivity contribution in [2.75, 3.05) is 7.05 Å². The van der Waals surface area contributed by atoms with E-state index < -0.39 is 5.41 Å². The molecule has 0 unspecified atom stereocenters. The third-order valence-corrected chi connectivity index (χ3v) is 11.1. The van der Waals surface area contributed by atoms with E-state index in [0.29, 0.717) is 17.9 Å². The van der Waals surface area contributed by atoms with E-state index in [1.165, 1.54) is 0 Å². The van der Waals surface area contributed by atoms with Crippen LogP contribution in [0, 0.1) is 0 Å². The van der Waals surface area contributed by atoms with Gasteiger partial charge in [0.1, 0.15) is 17.6 Å². The van der Waals surface area contributed by atoms with Crippen molar-refractivity contribution in [3.05, 3.63) is 57.6 Å². The zero-order chi connectivity index (χ0) is 37.2. The molecule has 3 rings (SSSR count). The second-order valence-corrected chi connectivity index (χ2v) is 20.4. The number of ether oxygens (including phenoxy) is 1. The van der Waals surface area contributed by atoms with Crippen LogP contribution in [0.2, 0.25) is 0 Å². The lowest BCUT2D eigenvalue weighted by Crippen LogP contribution is -2.60. The van der Waals surface area contributed by atoms with Gasteiger partial charge in [-0.05, 0) is 96.2 Å². The van der Waals surface area contributed by atoms with Gasteiger partial charge in [0.05, 0.1) is 0 Å². The normalized spacial score (nSPS) is 18.2. The van der Waals surface area contributed by atoms with Crippen molar-refractivity contribution in [1.29, 1.82) is 0 Å². The zero-order valence-corrected chi connectivity index (χ0v) is 33.9. The van der Waals surface area contributed by atoms with Gasteiger partial charge in [-0.15, -0.1) is 0 Å². The van der Waals surface area contributed by atoms with Gasteiger partial charge in [-0.2, -0.15) is 0 Å². The highest BCUT2D eigenvalue weighted by Gasteiger charge is 2.45. The van der Waals surface area contributed by atoms with Crippen LogP contribution >= 0.6 is 0 Å². The minimum absolute atomic E-state index is 0.0846. The molecule has 0 aliphatic carbocycles. The molecule has 0 atom stereocenters. The van der Waals surface area contributed by atoms with E-state index in [4.69, 9.17) is 4.74 Å². The maximum absolute atomic E-state index is 13.8. The summed E-state index contributed by atoms with van der Waals surface area (Å²) in [7, 11) is 2.16. The third kappa shape index (κ3) is 8.25. The first kappa shape index (κ1) is 39.9. The van der Waals surface area contributed by atoms with Crippen LogP contribution in [0.4, 0.5) is 0 Å². The molecule has 1 fully saturated rings. The lowest BCUT2D eigenvalue weighted by molar-refractivity contribution is -0.159. The topological polar surface area (TPSA) is 70.0 Å². The molecule has 270 valence electrons. The Morgan fingerprint density at radius 1 is 0.667 bits per heavy atom. The van der Waals surface area contributed by atoms with Crippen molar-refractivity contribution in [3.8, 4) is 11.5 Å².